The van der Waals surface area contributed by atoms with E-state index in [1.807, 2.05) is 26.8 Å². The van der Waals surface area contributed by atoms with Crippen LogP contribution in [0.25, 0.3) is 10.2 Å². The molecule has 2 heterocycles. The molecule has 140 valence electrons. The lowest BCUT2D eigenvalue weighted by Crippen LogP contribution is -2.14. The van der Waals surface area contributed by atoms with E-state index in [-0.39, 0.29) is 5.91 Å². The molecule has 0 aliphatic heterocycles. The van der Waals surface area contributed by atoms with E-state index in [4.69, 9.17) is 0 Å². The van der Waals surface area contributed by atoms with E-state index in [9.17, 15) is 4.79 Å². The molecule has 27 heavy (non-hydrogen) atoms. The van der Waals surface area contributed by atoms with Crippen molar-refractivity contribution in [3.8, 4) is 0 Å². The molecule has 2 aromatic heterocycles. The van der Waals surface area contributed by atoms with Gasteiger partial charge in [0.2, 0.25) is 5.13 Å². The molecule has 0 bridgehead atoms. The number of aryl methyl sites for hydroxylation is 2. The summed E-state index contributed by atoms with van der Waals surface area (Å²) in [5, 5.41) is 8.06. The third-order valence-corrected chi connectivity index (χ3v) is 5.71. The number of benzene rings is 1. The number of rotatable bonds is 5. The fourth-order valence-corrected chi connectivity index (χ4v) is 3.83. The number of amides is 1. The third kappa shape index (κ3) is 4.33. The molecule has 1 amide bonds. The Morgan fingerprint density at radius 1 is 1.30 bits per heavy atom. The lowest BCUT2D eigenvalue weighted by atomic mass is 10.1. The maximum atomic E-state index is 12.6. The summed E-state index contributed by atoms with van der Waals surface area (Å²) < 4.78 is 1.79. The highest BCUT2D eigenvalue weighted by Gasteiger charge is 2.15. The first-order valence-corrected chi connectivity index (χ1v) is 10.1. The number of fused-ring (bicyclic) bond motifs is 1. The molecule has 0 saturated heterocycles. The van der Waals surface area contributed by atoms with Crippen LogP contribution in [0.5, 0.6) is 0 Å². The predicted octanol–water partition coefficient (Wildman–Crippen LogP) is 5.52. The molecule has 3 aromatic rings. The molecule has 0 spiro atoms. The lowest BCUT2D eigenvalue weighted by molar-refractivity contribution is 0.102. The van der Waals surface area contributed by atoms with Crippen LogP contribution in [0, 0.1) is 13.8 Å². The van der Waals surface area contributed by atoms with Gasteiger partial charge in [0.25, 0.3) is 5.91 Å². The van der Waals surface area contributed by atoms with Gasteiger partial charge >= 0.3 is 0 Å². The molecule has 0 aliphatic carbocycles. The normalized spacial score (nSPS) is 11.7. The van der Waals surface area contributed by atoms with Crippen molar-refractivity contribution in [1.82, 2.24) is 9.97 Å². The smallest absolute Gasteiger partial charge is 0.257 e. The maximum Gasteiger partial charge on any atom is 0.257 e. The van der Waals surface area contributed by atoms with Crippen molar-refractivity contribution in [2.24, 2.45) is 5.10 Å². The second-order valence-electron chi connectivity index (χ2n) is 6.22. The molecule has 6 nitrogen and oxygen atoms in total. The standard InChI is InChI=1S/C19H20BrN5OS/c1-5-11(3)24-25-19-22-15-6-10(2)16(12(4)17(15)27-19)23-18(26)13-7-14(20)9-21-8-13/h6-9H,5H2,1-4H3,(H,22,25)(H,23,26)/b24-11+. The summed E-state index contributed by atoms with van der Waals surface area (Å²) in [6, 6.07) is 3.73. The first-order valence-electron chi connectivity index (χ1n) is 8.50. The molecule has 8 heteroatoms. The van der Waals surface area contributed by atoms with Crippen molar-refractivity contribution in [1.29, 1.82) is 0 Å². The topological polar surface area (TPSA) is 79.3 Å². The summed E-state index contributed by atoms with van der Waals surface area (Å²) in [5.41, 5.74) is 8.17. The minimum atomic E-state index is -0.194. The van der Waals surface area contributed by atoms with Crippen molar-refractivity contribution in [3.63, 3.8) is 0 Å². The quantitative estimate of drug-likeness (QED) is 0.400. The molecule has 0 unspecified atom stereocenters. The maximum absolute atomic E-state index is 12.6. The van der Waals surface area contributed by atoms with Crippen molar-refractivity contribution >= 4 is 59.9 Å². The number of carbonyl (C=O) groups is 1. The number of carbonyl (C=O) groups excluding carboxylic acids is 1. The largest absolute Gasteiger partial charge is 0.321 e. The Morgan fingerprint density at radius 3 is 2.78 bits per heavy atom. The van der Waals surface area contributed by atoms with Crippen molar-refractivity contribution in [2.45, 2.75) is 34.1 Å². The summed E-state index contributed by atoms with van der Waals surface area (Å²) >= 11 is 4.87. The van der Waals surface area contributed by atoms with Gasteiger partial charge in [-0.15, -0.1) is 0 Å². The number of hydrogen-bond donors (Lipinski definition) is 2. The van der Waals surface area contributed by atoms with E-state index in [0.717, 1.165) is 48.8 Å². The van der Waals surface area contributed by atoms with Crippen LogP contribution in [-0.2, 0) is 0 Å². The Balaban J connectivity index is 1.93. The minimum absolute atomic E-state index is 0.194. The van der Waals surface area contributed by atoms with Gasteiger partial charge in [0.05, 0.1) is 15.8 Å². The number of aromatic nitrogens is 2. The van der Waals surface area contributed by atoms with Crippen molar-refractivity contribution < 1.29 is 4.79 Å². The van der Waals surface area contributed by atoms with E-state index < -0.39 is 0 Å². The highest BCUT2D eigenvalue weighted by atomic mass is 79.9. The Morgan fingerprint density at radius 2 is 2.07 bits per heavy atom. The van der Waals surface area contributed by atoms with E-state index in [1.54, 1.807) is 18.5 Å². The first-order chi connectivity index (χ1) is 12.9. The number of hydrazone groups is 1. The highest BCUT2D eigenvalue weighted by molar-refractivity contribution is 9.10. The van der Waals surface area contributed by atoms with Crippen LogP contribution in [-0.4, -0.2) is 21.6 Å². The average Bonchev–Trinajstić information content (AvgIpc) is 3.06. The van der Waals surface area contributed by atoms with Crippen LogP contribution in [0.4, 0.5) is 10.8 Å². The Labute approximate surface area is 170 Å². The monoisotopic (exact) mass is 445 g/mol. The second kappa shape index (κ2) is 8.14. The molecule has 2 N–H and O–H groups in total. The summed E-state index contributed by atoms with van der Waals surface area (Å²) in [6.07, 6.45) is 4.08. The first kappa shape index (κ1) is 19.4. The molecular formula is C19H20BrN5OS. The number of pyridine rings is 1. The predicted molar refractivity (Wildman–Crippen MR) is 116 cm³/mol. The van der Waals surface area contributed by atoms with Crippen LogP contribution in [0.2, 0.25) is 0 Å². The van der Waals surface area contributed by atoms with Crippen LogP contribution in [0.3, 0.4) is 0 Å². The fraction of sp³-hybridized carbons (Fsp3) is 0.263. The molecule has 3 rings (SSSR count). The van der Waals surface area contributed by atoms with Crippen LogP contribution in [0.1, 0.15) is 41.8 Å². The van der Waals surface area contributed by atoms with Crippen molar-refractivity contribution in [3.05, 3.63) is 45.7 Å². The minimum Gasteiger partial charge on any atom is -0.321 e. The number of halogens is 1. The zero-order chi connectivity index (χ0) is 19.6. The number of anilines is 2. The molecular weight excluding hydrogens is 426 g/mol. The Kier molecular flexibility index (Phi) is 5.86. The van der Waals surface area contributed by atoms with Gasteiger partial charge in [0.15, 0.2) is 0 Å². The van der Waals surface area contributed by atoms with Crippen LogP contribution >= 0.6 is 27.3 Å². The van der Waals surface area contributed by atoms with E-state index >= 15 is 0 Å². The van der Waals surface area contributed by atoms with Gasteiger partial charge in [-0.2, -0.15) is 5.10 Å². The Hall–Kier alpha value is -2.32. The number of thiazole rings is 1. The molecule has 1 aromatic carbocycles. The van der Waals surface area contributed by atoms with Gasteiger partial charge < -0.3 is 5.32 Å². The van der Waals surface area contributed by atoms with E-state index in [0.29, 0.717) is 5.56 Å². The summed E-state index contributed by atoms with van der Waals surface area (Å²) in [6.45, 7) is 7.99. The molecule has 0 fully saturated rings. The van der Waals surface area contributed by atoms with Gasteiger partial charge in [0.1, 0.15) is 0 Å². The van der Waals surface area contributed by atoms with Gasteiger partial charge in [-0.25, -0.2) is 4.98 Å². The van der Waals surface area contributed by atoms with Crippen molar-refractivity contribution in [2.75, 3.05) is 10.7 Å². The van der Waals surface area contributed by atoms with E-state index in [2.05, 4.69) is 48.7 Å². The summed E-state index contributed by atoms with van der Waals surface area (Å²) in [5.74, 6) is -0.194. The summed E-state index contributed by atoms with van der Waals surface area (Å²) in [7, 11) is 0. The molecule has 0 aliphatic rings. The second-order valence-corrected chi connectivity index (χ2v) is 8.13. The van der Waals surface area contributed by atoms with Gasteiger partial charge in [0, 0.05) is 28.3 Å². The number of nitrogens with zero attached hydrogens (tertiary/aromatic N) is 3. The highest BCUT2D eigenvalue weighted by Crippen LogP contribution is 2.35. The fourth-order valence-electron chi connectivity index (χ4n) is 2.57. The van der Waals surface area contributed by atoms with Crippen LogP contribution < -0.4 is 10.7 Å². The zero-order valence-corrected chi connectivity index (χ0v) is 18.0. The molecule has 0 radical (unpaired) electrons. The number of nitrogens with one attached hydrogen (secondary N) is 2. The number of hydrogen-bond acceptors (Lipinski definition) is 6. The Bertz CT molecular complexity index is 1040. The van der Waals surface area contributed by atoms with Crippen LogP contribution in [0.15, 0.2) is 34.1 Å². The SMILES string of the molecule is CC/C(C)=N/Nc1nc2cc(C)c(NC(=O)c3cncc(Br)c3)c(C)c2s1. The van der Waals surface area contributed by atoms with Gasteiger partial charge in [-0.1, -0.05) is 18.3 Å². The van der Waals surface area contributed by atoms with Gasteiger partial charge in [-0.3, -0.25) is 15.2 Å². The average molecular weight is 446 g/mol. The molecule has 0 atom stereocenters. The zero-order valence-electron chi connectivity index (χ0n) is 15.6. The lowest BCUT2D eigenvalue weighted by Gasteiger charge is -2.12. The molecule has 0 saturated carbocycles. The van der Waals surface area contributed by atoms with Gasteiger partial charge in [-0.05, 0) is 66.4 Å². The summed E-state index contributed by atoms with van der Waals surface area (Å²) in [4.78, 5) is 21.3. The van der Waals surface area contributed by atoms with E-state index in [1.165, 1.54) is 11.3 Å². The third-order valence-electron chi connectivity index (χ3n) is 4.18.